The summed E-state index contributed by atoms with van der Waals surface area (Å²) in [4.78, 5) is 8.85. The number of nitrogens with one attached hydrogen (secondary N) is 2. The number of anilines is 4. The third kappa shape index (κ3) is 4.81. The lowest BCUT2D eigenvalue weighted by molar-refractivity contribution is 0.415. The first kappa shape index (κ1) is 18.3. The van der Waals surface area contributed by atoms with Crippen LogP contribution in [0.25, 0.3) is 0 Å². The molecular weight excluding hydrogens is 364 g/mol. The molecule has 4 aromatic rings. The van der Waals surface area contributed by atoms with Crippen molar-refractivity contribution in [1.29, 1.82) is 0 Å². The highest BCUT2D eigenvalue weighted by Crippen LogP contribution is 2.31. The molecule has 0 unspecified atom stereocenters. The summed E-state index contributed by atoms with van der Waals surface area (Å²) in [5.74, 6) is 3.39. The molecule has 29 heavy (non-hydrogen) atoms. The molecule has 0 spiro atoms. The molecule has 6 nitrogen and oxygen atoms in total. The average molecular weight is 384 g/mol. The monoisotopic (exact) mass is 384 g/mol. The summed E-state index contributed by atoms with van der Waals surface area (Å²) in [6, 6.07) is 26.7. The summed E-state index contributed by atoms with van der Waals surface area (Å²) >= 11 is 0. The van der Waals surface area contributed by atoms with Crippen LogP contribution >= 0.6 is 0 Å². The van der Waals surface area contributed by atoms with Crippen LogP contribution in [0.1, 0.15) is 0 Å². The van der Waals surface area contributed by atoms with E-state index in [-0.39, 0.29) is 0 Å². The molecule has 6 heteroatoms. The molecule has 0 amide bonds. The minimum absolute atomic E-state index is 0.465. The number of benzene rings is 3. The lowest BCUT2D eigenvalue weighted by atomic mass is 10.3. The van der Waals surface area contributed by atoms with Crippen molar-refractivity contribution in [3.8, 4) is 17.2 Å². The van der Waals surface area contributed by atoms with Gasteiger partial charge in [0.25, 0.3) is 0 Å². The predicted molar refractivity (Wildman–Crippen MR) is 115 cm³/mol. The second kappa shape index (κ2) is 8.75. The molecular formula is C23H20N4O2. The summed E-state index contributed by atoms with van der Waals surface area (Å²) in [6.45, 7) is 0. The van der Waals surface area contributed by atoms with Gasteiger partial charge in [0.1, 0.15) is 17.3 Å². The standard InChI is InChI=1S/C23H20N4O2/c1-28-18-13-11-17(12-14-18)25-22-15-16-24-23(27-22)26-20-9-5-6-10-21(20)29-19-7-3-2-4-8-19/h2-16H,1H3,(H2,24,25,26,27). The van der Waals surface area contributed by atoms with Gasteiger partial charge in [0.15, 0.2) is 5.75 Å². The fraction of sp³-hybridized carbons (Fsp3) is 0.0435. The van der Waals surface area contributed by atoms with Crippen molar-refractivity contribution in [2.45, 2.75) is 0 Å². The SMILES string of the molecule is COc1ccc(Nc2ccnc(Nc3ccccc3Oc3ccccc3)n2)cc1. The topological polar surface area (TPSA) is 68.3 Å². The molecule has 0 saturated carbocycles. The van der Waals surface area contributed by atoms with Crippen LogP contribution in [0.4, 0.5) is 23.1 Å². The van der Waals surface area contributed by atoms with E-state index < -0.39 is 0 Å². The Morgan fingerprint density at radius 2 is 1.48 bits per heavy atom. The van der Waals surface area contributed by atoms with Gasteiger partial charge in [-0.2, -0.15) is 4.98 Å². The number of aromatic nitrogens is 2. The zero-order valence-corrected chi connectivity index (χ0v) is 15.9. The molecule has 0 aliphatic carbocycles. The zero-order chi connectivity index (χ0) is 19.9. The van der Waals surface area contributed by atoms with Crippen LogP contribution in [0.5, 0.6) is 17.2 Å². The molecule has 1 aromatic heterocycles. The van der Waals surface area contributed by atoms with E-state index in [0.717, 1.165) is 22.9 Å². The molecule has 0 aliphatic rings. The van der Waals surface area contributed by atoms with Gasteiger partial charge in [0.2, 0.25) is 5.95 Å². The molecule has 0 radical (unpaired) electrons. The molecule has 144 valence electrons. The van der Waals surface area contributed by atoms with Crippen molar-refractivity contribution < 1.29 is 9.47 Å². The molecule has 3 aromatic carbocycles. The quantitative estimate of drug-likeness (QED) is 0.422. The molecule has 0 fully saturated rings. The Labute approximate surface area is 169 Å². The van der Waals surface area contributed by atoms with Crippen LogP contribution in [-0.4, -0.2) is 17.1 Å². The van der Waals surface area contributed by atoms with Crippen molar-refractivity contribution >= 4 is 23.1 Å². The van der Waals surface area contributed by atoms with Gasteiger partial charge < -0.3 is 20.1 Å². The summed E-state index contributed by atoms with van der Waals surface area (Å²) < 4.78 is 11.2. The highest BCUT2D eigenvalue weighted by molar-refractivity contribution is 5.65. The Kier molecular flexibility index (Phi) is 5.53. The van der Waals surface area contributed by atoms with E-state index in [0.29, 0.717) is 17.5 Å². The maximum Gasteiger partial charge on any atom is 0.229 e. The van der Waals surface area contributed by atoms with Crippen molar-refractivity contribution in [3.63, 3.8) is 0 Å². The Morgan fingerprint density at radius 1 is 0.724 bits per heavy atom. The van der Waals surface area contributed by atoms with E-state index in [1.165, 1.54) is 0 Å². The second-order valence-electron chi connectivity index (χ2n) is 6.16. The predicted octanol–water partition coefficient (Wildman–Crippen LogP) is 5.76. The maximum absolute atomic E-state index is 5.98. The van der Waals surface area contributed by atoms with Gasteiger partial charge in [-0.3, -0.25) is 0 Å². The van der Waals surface area contributed by atoms with Crippen molar-refractivity contribution in [2.24, 2.45) is 0 Å². The number of ether oxygens (including phenoxy) is 2. The van der Waals surface area contributed by atoms with E-state index in [9.17, 15) is 0 Å². The minimum Gasteiger partial charge on any atom is -0.497 e. The van der Waals surface area contributed by atoms with E-state index in [4.69, 9.17) is 9.47 Å². The van der Waals surface area contributed by atoms with Gasteiger partial charge >= 0.3 is 0 Å². The van der Waals surface area contributed by atoms with E-state index in [1.54, 1.807) is 13.3 Å². The molecule has 0 bridgehead atoms. The molecule has 4 rings (SSSR count). The number of hydrogen-bond acceptors (Lipinski definition) is 6. The Bertz CT molecular complexity index is 1070. The summed E-state index contributed by atoms with van der Waals surface area (Å²) in [6.07, 6.45) is 1.70. The van der Waals surface area contributed by atoms with E-state index in [1.807, 2.05) is 84.9 Å². The highest BCUT2D eigenvalue weighted by atomic mass is 16.5. The Hall–Kier alpha value is -4.06. The van der Waals surface area contributed by atoms with Crippen LogP contribution in [0.3, 0.4) is 0 Å². The molecule has 0 atom stereocenters. The Morgan fingerprint density at radius 3 is 2.28 bits per heavy atom. The van der Waals surface area contributed by atoms with Crippen molar-refractivity contribution in [1.82, 2.24) is 9.97 Å². The van der Waals surface area contributed by atoms with Crippen molar-refractivity contribution in [3.05, 3.63) is 91.1 Å². The largest absolute Gasteiger partial charge is 0.497 e. The number of hydrogen-bond donors (Lipinski definition) is 2. The second-order valence-corrected chi connectivity index (χ2v) is 6.16. The van der Waals surface area contributed by atoms with E-state index >= 15 is 0 Å². The maximum atomic E-state index is 5.98. The van der Waals surface area contributed by atoms with Gasteiger partial charge in [0.05, 0.1) is 12.8 Å². The van der Waals surface area contributed by atoms with Gasteiger partial charge in [0, 0.05) is 11.9 Å². The minimum atomic E-state index is 0.465. The molecule has 0 saturated heterocycles. The third-order valence-corrected chi connectivity index (χ3v) is 4.12. The highest BCUT2D eigenvalue weighted by Gasteiger charge is 2.07. The van der Waals surface area contributed by atoms with Gasteiger partial charge in [-0.15, -0.1) is 0 Å². The third-order valence-electron chi connectivity index (χ3n) is 4.12. The van der Waals surface area contributed by atoms with Crippen LogP contribution in [0.15, 0.2) is 91.1 Å². The number of rotatable bonds is 7. The number of para-hydroxylation sites is 3. The smallest absolute Gasteiger partial charge is 0.229 e. The van der Waals surface area contributed by atoms with Crippen LogP contribution in [0.2, 0.25) is 0 Å². The fourth-order valence-electron chi connectivity index (χ4n) is 2.71. The first-order chi connectivity index (χ1) is 14.3. The van der Waals surface area contributed by atoms with E-state index in [2.05, 4.69) is 20.6 Å². The van der Waals surface area contributed by atoms with Gasteiger partial charge in [-0.1, -0.05) is 30.3 Å². The lowest BCUT2D eigenvalue weighted by Crippen LogP contribution is -2.01. The summed E-state index contributed by atoms with van der Waals surface area (Å²) in [5, 5.41) is 6.49. The normalized spacial score (nSPS) is 10.2. The van der Waals surface area contributed by atoms with Gasteiger partial charge in [-0.05, 0) is 54.6 Å². The van der Waals surface area contributed by atoms with Crippen LogP contribution in [-0.2, 0) is 0 Å². The van der Waals surface area contributed by atoms with Crippen LogP contribution < -0.4 is 20.1 Å². The number of methoxy groups -OCH3 is 1. The molecule has 1 heterocycles. The number of nitrogens with zero attached hydrogens (tertiary/aromatic N) is 2. The molecule has 2 N–H and O–H groups in total. The average Bonchev–Trinajstić information content (AvgIpc) is 2.77. The van der Waals surface area contributed by atoms with Crippen LogP contribution in [0, 0.1) is 0 Å². The first-order valence-electron chi connectivity index (χ1n) is 9.13. The Balaban J connectivity index is 1.51. The fourth-order valence-corrected chi connectivity index (χ4v) is 2.71. The summed E-state index contributed by atoms with van der Waals surface area (Å²) in [5.41, 5.74) is 1.68. The molecule has 0 aliphatic heterocycles. The first-order valence-corrected chi connectivity index (χ1v) is 9.13. The zero-order valence-electron chi connectivity index (χ0n) is 15.9. The lowest BCUT2D eigenvalue weighted by Gasteiger charge is -2.13. The van der Waals surface area contributed by atoms with Gasteiger partial charge in [-0.25, -0.2) is 4.98 Å². The van der Waals surface area contributed by atoms with Crippen molar-refractivity contribution in [2.75, 3.05) is 17.7 Å². The summed E-state index contributed by atoms with van der Waals surface area (Å²) in [7, 11) is 1.64.